The Kier molecular flexibility index (Phi) is 2.25. The van der Waals surface area contributed by atoms with Crippen LogP contribution < -0.4 is 0 Å². The highest BCUT2D eigenvalue weighted by Gasteiger charge is 2.08. The van der Waals surface area contributed by atoms with Gasteiger partial charge in [-0.25, -0.2) is 0 Å². The second-order valence-corrected chi connectivity index (χ2v) is 3.88. The number of rotatable bonds is 2. The highest BCUT2D eigenvalue weighted by molar-refractivity contribution is 9.10. The first-order valence-electron chi connectivity index (χ1n) is 4.16. The van der Waals surface area contributed by atoms with Crippen LogP contribution in [-0.2, 0) is 0 Å². The van der Waals surface area contributed by atoms with E-state index in [2.05, 4.69) is 27.5 Å². The zero-order valence-electron chi connectivity index (χ0n) is 7.38. The molecule has 0 unspecified atom stereocenters. The number of halogens is 1. The number of aromatic amines is 1. The van der Waals surface area contributed by atoms with Gasteiger partial charge in [0.15, 0.2) is 5.78 Å². The van der Waals surface area contributed by atoms with Crippen molar-refractivity contribution < 1.29 is 4.79 Å². The van der Waals surface area contributed by atoms with Gasteiger partial charge in [0, 0.05) is 27.1 Å². The number of nitrogens with one attached hydrogen (secondary N) is 1. The highest BCUT2D eigenvalue weighted by Crippen LogP contribution is 2.23. The lowest BCUT2D eigenvalue weighted by Gasteiger charge is -1.94. The molecule has 2 nitrogen and oxygen atoms in total. The molecule has 1 aromatic heterocycles. The zero-order valence-corrected chi connectivity index (χ0v) is 8.97. The van der Waals surface area contributed by atoms with Gasteiger partial charge in [0.25, 0.3) is 0 Å². The van der Waals surface area contributed by atoms with E-state index in [9.17, 15) is 4.79 Å². The van der Waals surface area contributed by atoms with Crippen molar-refractivity contribution in [3.05, 3.63) is 47.1 Å². The number of benzene rings is 1. The van der Waals surface area contributed by atoms with E-state index in [1.807, 2.05) is 18.2 Å². The maximum atomic E-state index is 11.4. The molecular weight excluding hydrogens is 242 g/mol. The Morgan fingerprint density at radius 2 is 2.29 bits per heavy atom. The van der Waals surface area contributed by atoms with Crippen LogP contribution in [0.1, 0.15) is 10.4 Å². The highest BCUT2D eigenvalue weighted by atomic mass is 79.9. The average molecular weight is 250 g/mol. The SMILES string of the molecule is C=CC(=O)c1c[nH]c2ccc(Br)cc12. The number of allylic oxidation sites excluding steroid dienone is 1. The molecule has 2 rings (SSSR count). The Balaban J connectivity index is 2.72. The molecule has 0 saturated carbocycles. The van der Waals surface area contributed by atoms with Gasteiger partial charge in [0.2, 0.25) is 0 Å². The van der Waals surface area contributed by atoms with E-state index in [-0.39, 0.29) is 5.78 Å². The minimum Gasteiger partial charge on any atom is -0.360 e. The summed E-state index contributed by atoms with van der Waals surface area (Å²) < 4.78 is 0.961. The largest absolute Gasteiger partial charge is 0.360 e. The van der Waals surface area contributed by atoms with Gasteiger partial charge >= 0.3 is 0 Å². The maximum absolute atomic E-state index is 11.4. The zero-order chi connectivity index (χ0) is 10.1. The number of carbonyl (C=O) groups is 1. The first-order chi connectivity index (χ1) is 6.72. The molecule has 0 saturated heterocycles. The van der Waals surface area contributed by atoms with E-state index in [0.29, 0.717) is 5.56 Å². The number of carbonyl (C=O) groups excluding carboxylic acids is 1. The number of aromatic nitrogens is 1. The standard InChI is InChI=1S/C11H8BrNO/c1-2-11(14)9-6-13-10-4-3-7(12)5-8(9)10/h2-6,13H,1H2. The normalized spacial score (nSPS) is 10.4. The molecule has 14 heavy (non-hydrogen) atoms. The summed E-state index contributed by atoms with van der Waals surface area (Å²) in [4.78, 5) is 14.5. The Hall–Kier alpha value is -1.35. The van der Waals surface area contributed by atoms with Crippen molar-refractivity contribution in [1.82, 2.24) is 4.98 Å². The fraction of sp³-hybridized carbons (Fsp3) is 0. The van der Waals surface area contributed by atoms with Crippen molar-refractivity contribution >= 4 is 32.6 Å². The summed E-state index contributed by atoms with van der Waals surface area (Å²) in [6, 6.07) is 5.78. The van der Waals surface area contributed by atoms with Crippen LogP contribution in [0.25, 0.3) is 10.9 Å². The van der Waals surface area contributed by atoms with Gasteiger partial charge in [0.1, 0.15) is 0 Å². The molecule has 0 spiro atoms. The molecule has 0 radical (unpaired) electrons. The molecule has 70 valence electrons. The third-order valence-electron chi connectivity index (χ3n) is 2.09. The minimum atomic E-state index is -0.0608. The predicted octanol–water partition coefficient (Wildman–Crippen LogP) is 3.30. The molecule has 0 aliphatic rings. The van der Waals surface area contributed by atoms with Crippen LogP contribution in [0, 0.1) is 0 Å². The number of hydrogen-bond acceptors (Lipinski definition) is 1. The van der Waals surface area contributed by atoms with Crippen LogP contribution in [0.4, 0.5) is 0 Å². The lowest BCUT2D eigenvalue weighted by Crippen LogP contribution is -1.90. The second kappa shape index (κ2) is 3.42. The van der Waals surface area contributed by atoms with Crippen molar-refractivity contribution in [2.24, 2.45) is 0 Å². The van der Waals surface area contributed by atoms with Crippen molar-refractivity contribution in [3.8, 4) is 0 Å². The van der Waals surface area contributed by atoms with E-state index in [0.717, 1.165) is 15.4 Å². The summed E-state index contributed by atoms with van der Waals surface area (Å²) in [5.74, 6) is -0.0608. The summed E-state index contributed by atoms with van der Waals surface area (Å²) in [6.45, 7) is 3.47. The molecule has 0 aliphatic carbocycles. The van der Waals surface area contributed by atoms with E-state index >= 15 is 0 Å². The van der Waals surface area contributed by atoms with Gasteiger partial charge in [-0.2, -0.15) is 0 Å². The maximum Gasteiger partial charge on any atom is 0.187 e. The average Bonchev–Trinajstić information content (AvgIpc) is 2.59. The molecule has 0 aliphatic heterocycles. The number of ketones is 1. The van der Waals surface area contributed by atoms with Crippen LogP contribution in [-0.4, -0.2) is 10.8 Å². The van der Waals surface area contributed by atoms with Gasteiger partial charge in [-0.1, -0.05) is 22.5 Å². The Bertz CT molecular complexity index is 513. The minimum absolute atomic E-state index is 0.0608. The second-order valence-electron chi connectivity index (χ2n) is 2.96. The number of H-pyrrole nitrogens is 1. The van der Waals surface area contributed by atoms with Crippen LogP contribution in [0.2, 0.25) is 0 Å². The van der Waals surface area contributed by atoms with Crippen LogP contribution in [0.5, 0.6) is 0 Å². The lowest BCUT2D eigenvalue weighted by atomic mass is 10.1. The molecule has 1 aromatic carbocycles. The first kappa shape index (κ1) is 9.21. The summed E-state index contributed by atoms with van der Waals surface area (Å²) in [7, 11) is 0. The summed E-state index contributed by atoms with van der Waals surface area (Å²) in [5, 5.41) is 0.921. The number of fused-ring (bicyclic) bond motifs is 1. The Morgan fingerprint density at radius 3 is 3.00 bits per heavy atom. The van der Waals surface area contributed by atoms with Gasteiger partial charge in [-0.3, -0.25) is 4.79 Å². The van der Waals surface area contributed by atoms with E-state index in [4.69, 9.17) is 0 Å². The summed E-state index contributed by atoms with van der Waals surface area (Å²) >= 11 is 3.37. The van der Waals surface area contributed by atoms with Crippen LogP contribution in [0.15, 0.2) is 41.5 Å². The molecule has 0 amide bonds. The van der Waals surface area contributed by atoms with Crippen molar-refractivity contribution in [3.63, 3.8) is 0 Å². The van der Waals surface area contributed by atoms with E-state index in [1.165, 1.54) is 6.08 Å². The molecule has 2 aromatic rings. The summed E-state index contributed by atoms with van der Waals surface area (Å²) in [5.41, 5.74) is 1.62. The molecule has 0 atom stereocenters. The van der Waals surface area contributed by atoms with Crippen molar-refractivity contribution in [2.45, 2.75) is 0 Å². The molecular formula is C11H8BrNO. The molecule has 0 bridgehead atoms. The quantitative estimate of drug-likeness (QED) is 0.643. The van der Waals surface area contributed by atoms with Gasteiger partial charge in [-0.15, -0.1) is 0 Å². The van der Waals surface area contributed by atoms with Gasteiger partial charge < -0.3 is 4.98 Å². The van der Waals surface area contributed by atoms with Gasteiger partial charge in [0.05, 0.1) is 0 Å². The third kappa shape index (κ3) is 1.40. The summed E-state index contributed by atoms with van der Waals surface area (Å²) in [6.07, 6.45) is 3.03. The Morgan fingerprint density at radius 1 is 1.50 bits per heavy atom. The monoisotopic (exact) mass is 249 g/mol. The fourth-order valence-corrected chi connectivity index (χ4v) is 1.77. The first-order valence-corrected chi connectivity index (χ1v) is 4.95. The van der Waals surface area contributed by atoms with Gasteiger partial charge in [-0.05, 0) is 24.3 Å². The van der Waals surface area contributed by atoms with E-state index in [1.54, 1.807) is 6.20 Å². The fourth-order valence-electron chi connectivity index (χ4n) is 1.41. The molecule has 1 N–H and O–H groups in total. The topological polar surface area (TPSA) is 32.9 Å². The Labute approximate surface area is 89.8 Å². The lowest BCUT2D eigenvalue weighted by molar-refractivity contribution is 0.104. The number of hydrogen-bond donors (Lipinski definition) is 1. The predicted molar refractivity (Wildman–Crippen MR) is 60.5 cm³/mol. The third-order valence-corrected chi connectivity index (χ3v) is 2.59. The van der Waals surface area contributed by atoms with Crippen molar-refractivity contribution in [2.75, 3.05) is 0 Å². The molecule has 1 heterocycles. The van der Waals surface area contributed by atoms with Crippen LogP contribution >= 0.6 is 15.9 Å². The van der Waals surface area contributed by atoms with Crippen LogP contribution in [0.3, 0.4) is 0 Å². The smallest absolute Gasteiger partial charge is 0.187 e. The van der Waals surface area contributed by atoms with Crippen molar-refractivity contribution in [1.29, 1.82) is 0 Å². The van der Waals surface area contributed by atoms with E-state index < -0.39 is 0 Å². The molecule has 0 fully saturated rings. The molecule has 3 heteroatoms.